The third-order valence-electron chi connectivity index (χ3n) is 5.77. The molecule has 1 aliphatic rings. The van der Waals surface area contributed by atoms with Gasteiger partial charge in [-0.2, -0.15) is 10.2 Å². The van der Waals surface area contributed by atoms with Gasteiger partial charge in [-0.3, -0.25) is 14.6 Å². The number of aromatic nitrogens is 4. The summed E-state index contributed by atoms with van der Waals surface area (Å²) in [5, 5.41) is 14.8. The van der Waals surface area contributed by atoms with Crippen molar-refractivity contribution in [3.8, 4) is 22.9 Å². The number of H-pyrrole nitrogens is 1. The molecule has 168 valence electrons. The Morgan fingerprint density at radius 1 is 1.41 bits per heavy atom. The number of carbonyl (C=O) groups excluding carboxylic acids is 1. The molecule has 0 spiro atoms. The molecular formula is C22H23ClFN5O3. The van der Waals surface area contributed by atoms with E-state index in [1.807, 2.05) is 0 Å². The van der Waals surface area contributed by atoms with Crippen molar-refractivity contribution in [3.63, 3.8) is 0 Å². The number of amides is 1. The van der Waals surface area contributed by atoms with Gasteiger partial charge < -0.3 is 14.8 Å². The van der Waals surface area contributed by atoms with Crippen LogP contribution in [-0.2, 0) is 24.7 Å². The third-order valence-corrected chi connectivity index (χ3v) is 6.16. The number of fused-ring (bicyclic) bond motifs is 1. The summed E-state index contributed by atoms with van der Waals surface area (Å²) in [7, 11) is 4.68. The molecule has 2 aromatic heterocycles. The van der Waals surface area contributed by atoms with Crippen LogP contribution in [0.25, 0.3) is 11.4 Å². The molecule has 0 bridgehead atoms. The number of methoxy groups -OCH3 is 2. The van der Waals surface area contributed by atoms with Crippen molar-refractivity contribution < 1.29 is 18.7 Å². The lowest BCUT2D eigenvalue weighted by Crippen LogP contribution is -2.15. The molecular weight excluding hydrogens is 437 g/mol. The van der Waals surface area contributed by atoms with Crippen LogP contribution in [0.15, 0.2) is 24.9 Å². The van der Waals surface area contributed by atoms with Crippen LogP contribution in [0.3, 0.4) is 0 Å². The second-order valence-corrected chi connectivity index (χ2v) is 7.89. The first kappa shape index (κ1) is 21.9. The Labute approximate surface area is 189 Å². The van der Waals surface area contributed by atoms with Gasteiger partial charge in [0.1, 0.15) is 17.1 Å². The van der Waals surface area contributed by atoms with E-state index in [2.05, 4.69) is 27.2 Å². The van der Waals surface area contributed by atoms with Crippen LogP contribution < -0.4 is 14.8 Å². The zero-order valence-corrected chi connectivity index (χ0v) is 18.7. The van der Waals surface area contributed by atoms with E-state index in [0.717, 1.165) is 11.3 Å². The summed E-state index contributed by atoms with van der Waals surface area (Å²) < 4.78 is 27.3. The highest BCUT2D eigenvalue weighted by Crippen LogP contribution is 2.45. The van der Waals surface area contributed by atoms with Gasteiger partial charge in [-0.25, -0.2) is 4.39 Å². The largest absolute Gasteiger partial charge is 0.495 e. The number of ether oxygens (including phenoxy) is 2. The first-order valence-electron chi connectivity index (χ1n) is 10.0. The molecule has 1 amide bonds. The maximum absolute atomic E-state index is 15.1. The van der Waals surface area contributed by atoms with E-state index in [-0.39, 0.29) is 22.6 Å². The predicted molar refractivity (Wildman–Crippen MR) is 119 cm³/mol. The zero-order chi connectivity index (χ0) is 23.0. The van der Waals surface area contributed by atoms with Gasteiger partial charge in [0.05, 0.1) is 31.1 Å². The van der Waals surface area contributed by atoms with Gasteiger partial charge in [0, 0.05) is 29.9 Å². The van der Waals surface area contributed by atoms with E-state index < -0.39 is 5.82 Å². The summed E-state index contributed by atoms with van der Waals surface area (Å²) in [6.07, 6.45) is 4.57. The van der Waals surface area contributed by atoms with Crippen molar-refractivity contribution in [1.29, 1.82) is 0 Å². The lowest BCUT2D eigenvalue weighted by Gasteiger charge is -2.25. The van der Waals surface area contributed by atoms with Crippen LogP contribution in [0, 0.1) is 5.82 Å². The van der Waals surface area contributed by atoms with Gasteiger partial charge in [0.25, 0.3) is 0 Å². The molecule has 2 heterocycles. The van der Waals surface area contributed by atoms with Gasteiger partial charge in [-0.05, 0) is 31.3 Å². The van der Waals surface area contributed by atoms with Gasteiger partial charge in [-0.1, -0.05) is 18.2 Å². The fraction of sp³-hybridized carbons (Fsp3) is 0.318. The SMILES string of the molecule is C=CC(=O)Nc1cnn(C)c1-c1n[nH]c2c1CCC(c1c(F)c(OC)cc(OC)c1Cl)C2. The fourth-order valence-corrected chi connectivity index (χ4v) is 4.57. The maximum atomic E-state index is 15.1. The van der Waals surface area contributed by atoms with Crippen molar-refractivity contribution >= 4 is 23.2 Å². The lowest BCUT2D eigenvalue weighted by molar-refractivity contribution is -0.111. The predicted octanol–water partition coefficient (Wildman–Crippen LogP) is 4.02. The first-order valence-corrected chi connectivity index (χ1v) is 10.4. The van der Waals surface area contributed by atoms with E-state index in [0.29, 0.717) is 47.7 Å². The Morgan fingerprint density at radius 3 is 2.84 bits per heavy atom. The lowest BCUT2D eigenvalue weighted by atomic mass is 9.81. The Bertz CT molecular complexity index is 1170. The van der Waals surface area contributed by atoms with E-state index >= 15 is 4.39 Å². The number of hydrogen-bond acceptors (Lipinski definition) is 5. The average molecular weight is 460 g/mol. The van der Waals surface area contributed by atoms with E-state index in [1.54, 1.807) is 17.9 Å². The van der Waals surface area contributed by atoms with E-state index in [4.69, 9.17) is 21.1 Å². The van der Waals surface area contributed by atoms with E-state index in [1.165, 1.54) is 26.4 Å². The molecule has 1 aliphatic carbocycles. The van der Waals surface area contributed by atoms with Crippen LogP contribution in [0.2, 0.25) is 5.02 Å². The molecule has 0 saturated heterocycles. The van der Waals surface area contributed by atoms with Crippen LogP contribution in [0.4, 0.5) is 10.1 Å². The summed E-state index contributed by atoms with van der Waals surface area (Å²) in [4.78, 5) is 11.8. The van der Waals surface area contributed by atoms with Crippen molar-refractivity contribution in [2.45, 2.75) is 25.2 Å². The number of benzene rings is 1. The molecule has 0 radical (unpaired) electrons. The van der Waals surface area contributed by atoms with Crippen molar-refractivity contribution in [2.75, 3.05) is 19.5 Å². The number of aryl methyl sites for hydroxylation is 1. The van der Waals surface area contributed by atoms with Gasteiger partial charge in [-0.15, -0.1) is 0 Å². The molecule has 3 aromatic rings. The molecule has 1 atom stereocenters. The fourth-order valence-electron chi connectivity index (χ4n) is 4.21. The molecule has 1 aromatic carbocycles. The van der Waals surface area contributed by atoms with Gasteiger partial charge in [0.15, 0.2) is 11.6 Å². The average Bonchev–Trinajstić information content (AvgIpc) is 3.36. The van der Waals surface area contributed by atoms with Crippen LogP contribution in [0.5, 0.6) is 11.5 Å². The summed E-state index contributed by atoms with van der Waals surface area (Å²) in [5.41, 5.74) is 4.20. The number of halogens is 2. The molecule has 10 heteroatoms. The Balaban J connectivity index is 1.71. The standard InChI is InChI=1S/C22H23ClFN5O3/c1-5-17(30)26-14-10-25-29(2)22(14)21-12-7-6-11(8-13(12)27-28-21)18-19(23)15(31-3)9-16(32-4)20(18)24/h5,9-11H,1,6-8H2,2-4H3,(H,26,30)(H,27,28). The summed E-state index contributed by atoms with van der Waals surface area (Å²) in [6, 6.07) is 1.45. The molecule has 1 unspecified atom stereocenters. The number of anilines is 1. The molecule has 4 rings (SSSR count). The molecule has 0 aliphatic heterocycles. The molecule has 0 fully saturated rings. The Morgan fingerprint density at radius 2 is 2.16 bits per heavy atom. The van der Waals surface area contributed by atoms with Crippen LogP contribution in [0.1, 0.15) is 29.2 Å². The van der Waals surface area contributed by atoms with E-state index in [9.17, 15) is 4.79 Å². The summed E-state index contributed by atoms with van der Waals surface area (Å²) >= 11 is 6.49. The number of aromatic amines is 1. The number of nitrogens with one attached hydrogen (secondary N) is 2. The minimum atomic E-state index is -0.479. The van der Waals surface area contributed by atoms with Crippen molar-refractivity contribution in [2.24, 2.45) is 7.05 Å². The number of hydrogen-bond donors (Lipinski definition) is 2. The third kappa shape index (κ3) is 3.62. The topological polar surface area (TPSA) is 94.1 Å². The second kappa shape index (κ2) is 8.66. The summed E-state index contributed by atoms with van der Waals surface area (Å²) in [6.45, 7) is 3.48. The molecule has 8 nitrogen and oxygen atoms in total. The van der Waals surface area contributed by atoms with Crippen molar-refractivity contribution in [3.05, 3.63) is 52.6 Å². The second-order valence-electron chi connectivity index (χ2n) is 7.52. The molecule has 0 saturated carbocycles. The highest BCUT2D eigenvalue weighted by Gasteiger charge is 2.32. The van der Waals surface area contributed by atoms with Gasteiger partial charge >= 0.3 is 0 Å². The zero-order valence-electron chi connectivity index (χ0n) is 18.0. The van der Waals surface area contributed by atoms with Crippen molar-refractivity contribution in [1.82, 2.24) is 20.0 Å². The monoisotopic (exact) mass is 459 g/mol. The highest BCUT2D eigenvalue weighted by atomic mass is 35.5. The Kier molecular flexibility index (Phi) is 5.92. The first-order chi connectivity index (χ1) is 15.4. The minimum absolute atomic E-state index is 0.0924. The van der Waals surface area contributed by atoms with Crippen LogP contribution in [-0.4, -0.2) is 40.1 Å². The number of carbonyl (C=O) groups is 1. The summed E-state index contributed by atoms with van der Waals surface area (Å²) in [5.74, 6) is -0.532. The minimum Gasteiger partial charge on any atom is -0.495 e. The smallest absolute Gasteiger partial charge is 0.247 e. The molecule has 32 heavy (non-hydrogen) atoms. The Hall–Kier alpha value is -3.33. The number of rotatable bonds is 6. The van der Waals surface area contributed by atoms with Crippen LogP contribution >= 0.6 is 11.6 Å². The highest BCUT2D eigenvalue weighted by molar-refractivity contribution is 6.33. The quantitative estimate of drug-likeness (QED) is 0.543. The molecule has 2 N–H and O–H groups in total. The van der Waals surface area contributed by atoms with Gasteiger partial charge in [0.2, 0.25) is 5.91 Å². The number of nitrogens with zero attached hydrogens (tertiary/aromatic N) is 3. The maximum Gasteiger partial charge on any atom is 0.247 e. The normalized spacial score (nSPS) is 15.2.